The molecule has 168 valence electrons. The second kappa shape index (κ2) is 7.81. The summed E-state index contributed by atoms with van der Waals surface area (Å²) in [6.07, 6.45) is 0.868. The summed E-state index contributed by atoms with van der Waals surface area (Å²) in [6, 6.07) is 18.3. The van der Waals surface area contributed by atoms with Gasteiger partial charge in [0.2, 0.25) is 0 Å². The van der Waals surface area contributed by atoms with Crippen molar-refractivity contribution in [2.75, 3.05) is 0 Å². The third kappa shape index (κ3) is 3.87. The molecule has 0 aliphatic rings. The minimum Gasteiger partial charge on any atom is -0.455 e. The lowest BCUT2D eigenvalue weighted by Crippen LogP contribution is -2.40. The summed E-state index contributed by atoms with van der Waals surface area (Å²) in [5.74, 6) is 0.350. The molecule has 0 unspecified atom stereocenters. The van der Waals surface area contributed by atoms with E-state index in [1.54, 1.807) is 6.07 Å². The summed E-state index contributed by atoms with van der Waals surface area (Å²) in [7, 11) is -1.85. The molecule has 0 radical (unpaired) electrons. The number of halogens is 1. The number of benzene rings is 3. The Labute approximate surface area is 195 Å². The van der Waals surface area contributed by atoms with Crippen LogP contribution in [-0.4, -0.2) is 13.1 Å². The normalized spacial score (nSPS) is 12.5. The number of rotatable bonds is 4. The SMILES string of the molecule is Cc1cc(-c2cc(CC(C)C)c3cc(F)c([Si](C)(C)C)cc3n2)c2oc3ccccc3c2c1. The highest BCUT2D eigenvalue weighted by Gasteiger charge is 2.23. The Morgan fingerprint density at radius 1 is 0.939 bits per heavy atom. The molecule has 0 atom stereocenters. The first kappa shape index (κ1) is 21.8. The van der Waals surface area contributed by atoms with Gasteiger partial charge in [0, 0.05) is 21.7 Å². The monoisotopic (exact) mass is 455 g/mol. The standard InChI is InChI=1S/C29H30FNOSi/c1-17(2)11-19-14-25(31-26-16-28(33(4,5)6)24(30)15-21(19)26)23-13-18(3)12-22-20-9-7-8-10-27(20)32-29(22)23/h7-10,12-17H,11H2,1-6H3. The first-order valence-corrected chi connectivity index (χ1v) is 15.2. The summed E-state index contributed by atoms with van der Waals surface area (Å²) >= 11 is 0. The predicted molar refractivity (Wildman–Crippen MR) is 141 cm³/mol. The number of nitrogens with zero attached hydrogens (tertiary/aromatic N) is 1. The molecule has 0 N–H and O–H groups in total. The molecule has 0 bridgehead atoms. The van der Waals surface area contributed by atoms with Crippen LogP contribution in [-0.2, 0) is 6.42 Å². The Morgan fingerprint density at radius 2 is 1.70 bits per heavy atom. The molecule has 0 fully saturated rings. The quantitative estimate of drug-likeness (QED) is 0.257. The maximum Gasteiger partial charge on any atom is 0.144 e. The maximum absolute atomic E-state index is 15.1. The molecule has 0 amide bonds. The number of fused-ring (bicyclic) bond motifs is 4. The van der Waals surface area contributed by atoms with Crippen molar-refractivity contribution in [1.29, 1.82) is 0 Å². The van der Waals surface area contributed by atoms with Gasteiger partial charge in [0.25, 0.3) is 0 Å². The highest BCUT2D eigenvalue weighted by Crippen LogP contribution is 2.37. The van der Waals surface area contributed by atoms with Crippen molar-refractivity contribution in [2.45, 2.75) is 46.8 Å². The van der Waals surface area contributed by atoms with Crippen molar-refractivity contribution in [2.24, 2.45) is 5.92 Å². The first-order chi connectivity index (χ1) is 15.6. The van der Waals surface area contributed by atoms with Crippen LogP contribution >= 0.6 is 0 Å². The summed E-state index contributed by atoms with van der Waals surface area (Å²) in [5, 5.41) is 3.97. The van der Waals surface area contributed by atoms with Crippen LogP contribution < -0.4 is 5.19 Å². The van der Waals surface area contributed by atoms with E-state index in [1.165, 1.54) is 5.56 Å². The molecule has 5 rings (SSSR count). The zero-order chi connectivity index (χ0) is 23.5. The lowest BCUT2D eigenvalue weighted by atomic mass is 9.95. The Bertz CT molecular complexity index is 1520. The third-order valence-electron chi connectivity index (χ3n) is 6.32. The van der Waals surface area contributed by atoms with E-state index in [0.717, 1.165) is 61.3 Å². The van der Waals surface area contributed by atoms with Gasteiger partial charge in [-0.2, -0.15) is 0 Å². The van der Waals surface area contributed by atoms with Gasteiger partial charge in [-0.05, 0) is 72.0 Å². The van der Waals surface area contributed by atoms with E-state index in [1.807, 2.05) is 24.3 Å². The second-order valence-corrected chi connectivity index (χ2v) is 15.7. The van der Waals surface area contributed by atoms with Gasteiger partial charge in [0.05, 0.1) is 19.3 Å². The largest absolute Gasteiger partial charge is 0.455 e. The molecule has 0 aliphatic carbocycles. The van der Waals surface area contributed by atoms with Crippen LogP contribution in [0.5, 0.6) is 0 Å². The predicted octanol–water partition coefficient (Wildman–Crippen LogP) is 7.99. The lowest BCUT2D eigenvalue weighted by molar-refractivity contribution is 0.634. The molecule has 2 heterocycles. The van der Waals surface area contributed by atoms with E-state index >= 15 is 4.39 Å². The zero-order valence-corrected chi connectivity index (χ0v) is 21.2. The van der Waals surface area contributed by atoms with Crippen molar-refractivity contribution in [1.82, 2.24) is 4.98 Å². The minimum absolute atomic E-state index is 0.101. The Hall–Kier alpha value is -2.98. The summed E-state index contributed by atoms with van der Waals surface area (Å²) < 4.78 is 21.5. The van der Waals surface area contributed by atoms with Gasteiger partial charge in [-0.25, -0.2) is 9.37 Å². The molecular weight excluding hydrogens is 425 g/mol. The summed E-state index contributed by atoms with van der Waals surface area (Å²) in [5.41, 5.74) is 6.79. The van der Waals surface area contributed by atoms with E-state index in [2.05, 4.69) is 64.7 Å². The van der Waals surface area contributed by atoms with Gasteiger partial charge >= 0.3 is 0 Å². The van der Waals surface area contributed by atoms with Gasteiger partial charge in [-0.3, -0.25) is 0 Å². The molecule has 3 aromatic carbocycles. The Kier molecular flexibility index (Phi) is 5.17. The van der Waals surface area contributed by atoms with E-state index in [-0.39, 0.29) is 5.82 Å². The number of hydrogen-bond donors (Lipinski definition) is 0. The van der Waals surface area contributed by atoms with Gasteiger partial charge < -0.3 is 4.42 Å². The van der Waals surface area contributed by atoms with Crippen LogP contribution in [0.25, 0.3) is 44.1 Å². The van der Waals surface area contributed by atoms with Gasteiger partial charge in [-0.1, -0.05) is 51.7 Å². The fraction of sp³-hybridized carbons (Fsp3) is 0.276. The van der Waals surface area contributed by atoms with Crippen LogP contribution in [0, 0.1) is 18.7 Å². The second-order valence-electron chi connectivity index (χ2n) is 10.7. The zero-order valence-electron chi connectivity index (χ0n) is 20.2. The number of aromatic nitrogens is 1. The van der Waals surface area contributed by atoms with Crippen molar-refractivity contribution >= 4 is 46.1 Å². The number of aryl methyl sites for hydroxylation is 1. The highest BCUT2D eigenvalue weighted by atomic mass is 28.3. The van der Waals surface area contributed by atoms with Crippen molar-refractivity contribution < 1.29 is 8.81 Å². The van der Waals surface area contributed by atoms with Crippen molar-refractivity contribution in [3.05, 3.63) is 71.5 Å². The molecular formula is C29H30FNOSi. The van der Waals surface area contributed by atoms with Crippen LogP contribution in [0.2, 0.25) is 19.6 Å². The van der Waals surface area contributed by atoms with Crippen molar-refractivity contribution in [3.8, 4) is 11.3 Å². The molecule has 2 nitrogen and oxygen atoms in total. The van der Waals surface area contributed by atoms with Gasteiger partial charge in [0.1, 0.15) is 17.0 Å². The first-order valence-electron chi connectivity index (χ1n) is 11.7. The third-order valence-corrected chi connectivity index (χ3v) is 8.32. The van der Waals surface area contributed by atoms with Crippen molar-refractivity contribution in [3.63, 3.8) is 0 Å². The topological polar surface area (TPSA) is 26.0 Å². The van der Waals surface area contributed by atoms with Crippen LogP contribution in [0.15, 0.2) is 59.0 Å². The summed E-state index contributed by atoms with van der Waals surface area (Å²) in [6.45, 7) is 13.0. The fourth-order valence-electron chi connectivity index (χ4n) is 4.80. The van der Waals surface area contributed by atoms with E-state index < -0.39 is 8.07 Å². The minimum atomic E-state index is -1.85. The van der Waals surface area contributed by atoms with Crippen LogP contribution in [0.3, 0.4) is 0 Å². The number of furan rings is 1. The number of pyridine rings is 1. The number of para-hydroxylation sites is 1. The smallest absolute Gasteiger partial charge is 0.144 e. The molecule has 0 saturated heterocycles. The highest BCUT2D eigenvalue weighted by molar-refractivity contribution is 6.88. The fourth-order valence-corrected chi connectivity index (χ4v) is 6.16. The van der Waals surface area contributed by atoms with E-state index in [4.69, 9.17) is 9.40 Å². The molecule has 0 spiro atoms. The van der Waals surface area contributed by atoms with E-state index in [0.29, 0.717) is 5.92 Å². The van der Waals surface area contributed by atoms with Crippen LogP contribution in [0.4, 0.5) is 4.39 Å². The van der Waals surface area contributed by atoms with Gasteiger partial charge in [0.15, 0.2) is 0 Å². The Morgan fingerprint density at radius 3 is 2.42 bits per heavy atom. The molecule has 2 aromatic heterocycles. The molecule has 5 aromatic rings. The molecule has 0 saturated carbocycles. The average Bonchev–Trinajstić information content (AvgIpc) is 3.10. The average molecular weight is 456 g/mol. The van der Waals surface area contributed by atoms with E-state index in [9.17, 15) is 0 Å². The molecule has 0 aliphatic heterocycles. The molecule has 4 heteroatoms. The van der Waals surface area contributed by atoms with Gasteiger partial charge in [-0.15, -0.1) is 0 Å². The lowest BCUT2D eigenvalue weighted by Gasteiger charge is -2.20. The maximum atomic E-state index is 15.1. The number of hydrogen-bond acceptors (Lipinski definition) is 2. The summed E-state index contributed by atoms with van der Waals surface area (Å²) in [4.78, 5) is 5.09. The van der Waals surface area contributed by atoms with Crippen LogP contribution in [0.1, 0.15) is 25.0 Å². The molecule has 33 heavy (non-hydrogen) atoms. The Balaban J connectivity index is 1.84.